The molecule has 17 nitrogen and oxygen atoms in total. The predicted octanol–water partition coefficient (Wildman–Crippen LogP) is 9.98. The van der Waals surface area contributed by atoms with Crippen molar-refractivity contribution in [2.75, 3.05) is 67.1 Å². The molecule has 8 bridgehead atoms. The molecule has 2 N–H and O–H groups in total. The van der Waals surface area contributed by atoms with E-state index in [1.54, 1.807) is 36.2 Å². The zero-order valence-electron chi connectivity index (χ0n) is 46.9. The molecule has 0 unspecified atom stereocenters. The zero-order chi connectivity index (χ0) is 58.1. The van der Waals surface area contributed by atoms with Crippen LogP contribution in [0.15, 0.2) is 83.9 Å². The second-order valence-electron chi connectivity index (χ2n) is 23.3. The van der Waals surface area contributed by atoms with Crippen molar-refractivity contribution in [1.82, 2.24) is 37.0 Å². The maximum atomic E-state index is 15.7. The summed E-state index contributed by atoms with van der Waals surface area (Å²) < 4.78 is 71.0. The lowest BCUT2D eigenvalue weighted by molar-refractivity contribution is -0.128. The smallest absolute Gasteiger partial charge is 0.303 e. The first kappa shape index (κ1) is 57.1. The number of nitrogens with zero attached hydrogens (tertiary/aromatic N) is 6. The van der Waals surface area contributed by atoms with Gasteiger partial charge in [-0.05, 0) is 152 Å². The third-order valence-electron chi connectivity index (χ3n) is 18.1. The van der Waals surface area contributed by atoms with Gasteiger partial charge in [0.2, 0.25) is 0 Å². The number of aromatic nitrogens is 2. The molecule has 21 heteroatoms. The van der Waals surface area contributed by atoms with Gasteiger partial charge < -0.3 is 23.7 Å². The van der Waals surface area contributed by atoms with Crippen molar-refractivity contribution in [3.05, 3.63) is 127 Å². The third-order valence-corrected chi connectivity index (χ3v) is 21.4. The lowest BCUT2D eigenvalue weighted by atomic mass is 9.77. The van der Waals surface area contributed by atoms with Gasteiger partial charge in [0.15, 0.2) is 0 Å². The summed E-state index contributed by atoms with van der Waals surface area (Å²) in [6.07, 6.45) is 13.2. The Balaban J connectivity index is 0.906. The van der Waals surface area contributed by atoms with Crippen LogP contribution in [0.2, 0.25) is 10.0 Å². The molecule has 4 aliphatic heterocycles. The molecule has 4 aromatic carbocycles. The second kappa shape index (κ2) is 22.9. The van der Waals surface area contributed by atoms with Crippen LogP contribution in [0.5, 0.6) is 0 Å². The van der Waals surface area contributed by atoms with Crippen LogP contribution in [0.25, 0.3) is 56.5 Å². The number of carbonyl (C=O) groups is 4. The summed E-state index contributed by atoms with van der Waals surface area (Å²) >= 11 is 13.6. The van der Waals surface area contributed by atoms with Crippen LogP contribution in [0.3, 0.4) is 0 Å². The quantitative estimate of drug-likeness (QED) is 0.173. The van der Waals surface area contributed by atoms with Crippen molar-refractivity contribution >= 4 is 101 Å². The van der Waals surface area contributed by atoms with E-state index in [0.717, 1.165) is 127 Å². The fourth-order valence-corrected chi connectivity index (χ4v) is 15.7. The minimum atomic E-state index is -4.23. The van der Waals surface area contributed by atoms with Gasteiger partial charge in [-0.1, -0.05) is 66.7 Å². The summed E-state index contributed by atoms with van der Waals surface area (Å²) in [5.74, 6) is -1.48. The van der Waals surface area contributed by atoms with Crippen molar-refractivity contribution in [2.45, 2.75) is 95.6 Å². The SMILES string of the molecule is CN1CCOCCN(C)S(=O)(=O)NC(=O)c2ccc3c(C4CCC(CN5CCCCN(C)S(=O)(=O)NC(=O)c6ccc7c(C8CCCCC8)c8n(c7c6)CC(=Cc6ccc(Cl)cc6-8)C5=O)CC4)c4n(c3c2)CC(=Cc2cc(Cl)ccc2-4)C1=O. The van der Waals surface area contributed by atoms with Gasteiger partial charge in [-0.3, -0.25) is 19.2 Å². The Labute approximate surface area is 494 Å². The Morgan fingerprint density at radius 2 is 1.08 bits per heavy atom. The van der Waals surface area contributed by atoms with Crippen LogP contribution in [-0.2, 0) is 47.8 Å². The van der Waals surface area contributed by atoms with Gasteiger partial charge in [-0.15, -0.1) is 0 Å². The zero-order valence-corrected chi connectivity index (χ0v) is 50.0. The number of hydrogen-bond donors (Lipinski definition) is 2. The number of likely N-dealkylation sites (N-methyl/N-ethyl adjacent to an activating group) is 2. The first-order valence-corrected chi connectivity index (χ1v) is 32.5. The van der Waals surface area contributed by atoms with Gasteiger partial charge in [0.05, 0.1) is 37.7 Å². The highest BCUT2D eigenvalue weighted by Gasteiger charge is 2.37. The van der Waals surface area contributed by atoms with E-state index in [-0.39, 0.29) is 86.6 Å². The Morgan fingerprint density at radius 1 is 0.542 bits per heavy atom. The molecule has 83 heavy (non-hydrogen) atoms. The molecule has 2 aromatic heterocycles. The number of fused-ring (bicyclic) bond motifs is 8. The molecule has 2 aliphatic carbocycles. The Bertz CT molecular complexity index is 3950. The topological polar surface area (TPSA) is 193 Å². The molecule has 0 spiro atoms. The van der Waals surface area contributed by atoms with Gasteiger partial charge >= 0.3 is 20.4 Å². The number of nitrogens with one attached hydrogen (secondary N) is 2. The summed E-state index contributed by atoms with van der Waals surface area (Å²) in [6, 6.07) is 22.2. The fourth-order valence-electron chi connectivity index (χ4n) is 13.6. The van der Waals surface area contributed by atoms with E-state index in [9.17, 15) is 31.2 Å². The predicted molar refractivity (Wildman–Crippen MR) is 324 cm³/mol. The van der Waals surface area contributed by atoms with Crippen LogP contribution in [0.1, 0.15) is 125 Å². The largest absolute Gasteiger partial charge is 0.378 e. The van der Waals surface area contributed by atoms with Crippen LogP contribution < -0.4 is 9.44 Å². The minimum Gasteiger partial charge on any atom is -0.378 e. The lowest BCUT2D eigenvalue weighted by Crippen LogP contribution is -2.42. The Morgan fingerprint density at radius 3 is 1.73 bits per heavy atom. The van der Waals surface area contributed by atoms with Crippen molar-refractivity contribution in [1.29, 1.82) is 0 Å². The summed E-state index contributed by atoms with van der Waals surface area (Å²) in [7, 11) is -3.89. The summed E-state index contributed by atoms with van der Waals surface area (Å²) in [4.78, 5) is 61.5. The van der Waals surface area contributed by atoms with Gasteiger partial charge in [-0.2, -0.15) is 25.4 Å². The summed E-state index contributed by atoms with van der Waals surface area (Å²) in [5, 5.41) is 2.92. The summed E-state index contributed by atoms with van der Waals surface area (Å²) in [6.45, 7) is 1.82. The number of carbonyl (C=O) groups excluding carboxylic acids is 4. The van der Waals surface area contributed by atoms with E-state index in [1.807, 2.05) is 65.6 Å². The average Bonchev–Trinajstić information content (AvgIpc) is 2.08. The van der Waals surface area contributed by atoms with E-state index >= 15 is 4.79 Å². The molecule has 436 valence electrons. The van der Waals surface area contributed by atoms with Crippen LogP contribution in [-0.4, -0.2) is 135 Å². The Kier molecular flexibility index (Phi) is 15.8. The van der Waals surface area contributed by atoms with Crippen LogP contribution in [0, 0.1) is 5.92 Å². The molecule has 0 atom stereocenters. The Hall–Kier alpha value is -6.32. The normalized spacial score (nSPS) is 22.5. The molecule has 4 amide bonds. The molecule has 2 fully saturated rings. The number of ether oxygens (including phenoxy) is 1. The van der Waals surface area contributed by atoms with Crippen LogP contribution >= 0.6 is 23.2 Å². The first-order chi connectivity index (χ1) is 39.8. The fraction of sp³-hybridized carbons (Fsp3) is 0.419. The van der Waals surface area contributed by atoms with Gasteiger partial charge in [0, 0.05) is 119 Å². The van der Waals surface area contributed by atoms with E-state index < -0.39 is 32.2 Å². The molecule has 6 aliphatic rings. The number of rotatable bonds is 4. The van der Waals surface area contributed by atoms with E-state index in [4.69, 9.17) is 27.9 Å². The van der Waals surface area contributed by atoms with Gasteiger partial charge in [0.25, 0.3) is 23.6 Å². The number of amides is 4. The second-order valence-corrected chi connectivity index (χ2v) is 27.8. The highest BCUT2D eigenvalue weighted by molar-refractivity contribution is 7.88. The van der Waals surface area contributed by atoms with E-state index in [2.05, 4.69) is 18.6 Å². The first-order valence-electron chi connectivity index (χ1n) is 28.9. The molecule has 12 rings (SSSR count). The molecular weight excluding hydrogens is 1140 g/mol. The highest BCUT2D eigenvalue weighted by atomic mass is 35.5. The lowest BCUT2D eigenvalue weighted by Gasteiger charge is -2.34. The molecule has 0 radical (unpaired) electrons. The molecule has 6 aromatic rings. The highest BCUT2D eigenvalue weighted by Crippen LogP contribution is 2.50. The monoisotopic (exact) mass is 1200 g/mol. The van der Waals surface area contributed by atoms with Gasteiger partial charge in [-0.25, -0.2) is 9.44 Å². The van der Waals surface area contributed by atoms with E-state index in [1.165, 1.54) is 14.1 Å². The minimum absolute atomic E-state index is 0.00874. The van der Waals surface area contributed by atoms with Crippen LogP contribution in [0.4, 0.5) is 0 Å². The molecule has 0 saturated heterocycles. The third kappa shape index (κ3) is 11.1. The van der Waals surface area contributed by atoms with Gasteiger partial charge in [0.1, 0.15) is 0 Å². The molecule has 2 saturated carbocycles. The standard InChI is InChI=1S/C62H68Cl2N8O9S2/c1-67-25-27-81-28-26-69(3)83(79,80)66-60(74)42-17-21-51-53(32-42)71-36-45(61(67)75)30-44-31-47(63)19-22-49(44)57(71)56(51)40-13-11-38(12-14-40)35-70-24-8-7-23-68(2)82(77,78)65-59(73)43-16-20-50-54(33-43)72-37-46(62(70)76)29-41-15-18-48(64)34-52(41)58(72)55(50)39-9-5-4-6-10-39/h15-22,29-34,38-40H,4-14,23-28,35-37H2,1-3H3,(H,65,73)(H,66,74). The summed E-state index contributed by atoms with van der Waals surface area (Å²) in [5.41, 5.74) is 10.4. The van der Waals surface area contributed by atoms with Crippen molar-refractivity contribution in [3.63, 3.8) is 0 Å². The van der Waals surface area contributed by atoms with Crippen molar-refractivity contribution in [2.24, 2.45) is 5.92 Å². The number of benzene rings is 4. The van der Waals surface area contributed by atoms with Crippen molar-refractivity contribution < 1.29 is 40.8 Å². The number of halogens is 2. The average molecular weight is 1200 g/mol. The maximum absolute atomic E-state index is 15.7. The van der Waals surface area contributed by atoms with Crippen molar-refractivity contribution in [3.8, 4) is 22.5 Å². The molecule has 6 heterocycles. The molecular formula is C62H68Cl2N8O9S2. The number of hydrogen-bond acceptors (Lipinski definition) is 9. The maximum Gasteiger partial charge on any atom is 0.303 e. The van der Waals surface area contributed by atoms with E-state index in [0.29, 0.717) is 52.6 Å².